The van der Waals surface area contributed by atoms with E-state index in [4.69, 9.17) is 19.3 Å². The van der Waals surface area contributed by atoms with Gasteiger partial charge in [0, 0.05) is 18.7 Å². The molecular weight excluding hydrogens is 444 g/mol. The van der Waals surface area contributed by atoms with E-state index < -0.39 is 29.7 Å². The zero-order chi connectivity index (χ0) is 24.2. The van der Waals surface area contributed by atoms with Crippen LogP contribution in [0.5, 0.6) is 17.2 Å². The van der Waals surface area contributed by atoms with Crippen LogP contribution in [0.4, 0.5) is 5.69 Å². The molecule has 0 radical (unpaired) electrons. The first-order chi connectivity index (χ1) is 16.4. The number of carboxylic acids is 1. The van der Waals surface area contributed by atoms with Crippen molar-refractivity contribution in [2.45, 2.75) is 25.9 Å². The fourth-order valence-electron chi connectivity index (χ4n) is 3.80. The summed E-state index contributed by atoms with van der Waals surface area (Å²) in [5.41, 5.74) is 0.985. The number of carboxylic acid groups (broad SMARTS) is 1. The van der Waals surface area contributed by atoms with Gasteiger partial charge in [0.2, 0.25) is 18.6 Å². The highest BCUT2D eigenvalue weighted by Crippen LogP contribution is 2.34. The molecule has 3 amide bonds. The lowest BCUT2D eigenvalue weighted by atomic mass is 10.1. The molecule has 1 N–H and O–H groups in total. The molecular formula is C24H22N2O8. The van der Waals surface area contributed by atoms with Gasteiger partial charge in [-0.05, 0) is 48.9 Å². The SMILES string of the molecule is CCOc1ccc(N2C(=O)C[C@H](N(Cc3ccc4c(c3)OCO4)C(=O)/C=C\C(=O)O)C2=O)cc1. The number of rotatable bonds is 8. The topological polar surface area (TPSA) is 123 Å². The standard InChI is InChI=1S/C24H22N2O8/c1-2-32-17-6-4-16(5-7-17)26-22(28)12-18(24(26)31)25(21(27)9-10-23(29)30)13-15-3-8-19-20(11-15)34-14-33-19/h3-11,18H,2,12-14H2,1H3,(H,29,30)/b10-9-/t18-/m0/s1. The van der Waals surface area contributed by atoms with Crippen LogP contribution in [0.2, 0.25) is 0 Å². The summed E-state index contributed by atoms with van der Waals surface area (Å²) in [5, 5.41) is 8.92. The molecule has 0 saturated carbocycles. The van der Waals surface area contributed by atoms with Crippen molar-refractivity contribution in [3.8, 4) is 17.2 Å². The number of nitrogens with zero attached hydrogens (tertiary/aromatic N) is 2. The number of aliphatic carboxylic acids is 1. The molecule has 1 fully saturated rings. The first-order valence-electron chi connectivity index (χ1n) is 10.6. The maximum atomic E-state index is 13.3. The molecule has 34 heavy (non-hydrogen) atoms. The number of carbonyl (C=O) groups is 4. The maximum absolute atomic E-state index is 13.3. The average molecular weight is 466 g/mol. The molecule has 2 aliphatic rings. The lowest BCUT2D eigenvalue weighted by molar-refractivity contribution is -0.135. The molecule has 4 rings (SSSR count). The molecule has 1 atom stereocenters. The van der Waals surface area contributed by atoms with Crippen LogP contribution in [0, 0.1) is 0 Å². The van der Waals surface area contributed by atoms with Crippen molar-refractivity contribution in [3.63, 3.8) is 0 Å². The van der Waals surface area contributed by atoms with Crippen LogP contribution in [-0.2, 0) is 25.7 Å². The van der Waals surface area contributed by atoms with E-state index in [9.17, 15) is 19.2 Å². The Morgan fingerprint density at radius 3 is 2.56 bits per heavy atom. The number of ether oxygens (including phenoxy) is 3. The number of carbonyl (C=O) groups excluding carboxylic acids is 3. The highest BCUT2D eigenvalue weighted by atomic mass is 16.7. The van der Waals surface area contributed by atoms with Crippen molar-refractivity contribution >= 4 is 29.4 Å². The number of amides is 3. The van der Waals surface area contributed by atoms with Gasteiger partial charge in [0.1, 0.15) is 11.8 Å². The van der Waals surface area contributed by atoms with Gasteiger partial charge >= 0.3 is 5.97 Å². The fourth-order valence-corrected chi connectivity index (χ4v) is 3.80. The second-order valence-corrected chi connectivity index (χ2v) is 7.54. The summed E-state index contributed by atoms with van der Waals surface area (Å²) >= 11 is 0. The molecule has 176 valence electrons. The van der Waals surface area contributed by atoms with Gasteiger partial charge in [-0.1, -0.05) is 6.07 Å². The van der Waals surface area contributed by atoms with Gasteiger partial charge in [-0.25, -0.2) is 9.69 Å². The van der Waals surface area contributed by atoms with E-state index in [1.165, 1.54) is 4.90 Å². The van der Waals surface area contributed by atoms with Crippen LogP contribution in [0.3, 0.4) is 0 Å². The summed E-state index contributed by atoms with van der Waals surface area (Å²) < 4.78 is 16.1. The first-order valence-corrected chi connectivity index (χ1v) is 10.6. The highest BCUT2D eigenvalue weighted by Gasteiger charge is 2.44. The predicted molar refractivity (Wildman–Crippen MR) is 118 cm³/mol. The quantitative estimate of drug-likeness (QED) is 0.464. The van der Waals surface area contributed by atoms with Gasteiger partial charge in [-0.15, -0.1) is 0 Å². The predicted octanol–water partition coefficient (Wildman–Crippen LogP) is 2.12. The van der Waals surface area contributed by atoms with Crippen LogP contribution < -0.4 is 19.1 Å². The number of anilines is 1. The number of hydrogen-bond donors (Lipinski definition) is 1. The van der Waals surface area contributed by atoms with Gasteiger partial charge in [0.15, 0.2) is 11.5 Å². The number of benzene rings is 2. The normalized spacial score (nSPS) is 16.9. The molecule has 0 bridgehead atoms. The Kier molecular flexibility index (Phi) is 6.48. The largest absolute Gasteiger partial charge is 0.494 e. The molecule has 10 heteroatoms. The van der Waals surface area contributed by atoms with E-state index in [-0.39, 0.29) is 19.8 Å². The van der Waals surface area contributed by atoms with Gasteiger partial charge in [0.25, 0.3) is 5.91 Å². The van der Waals surface area contributed by atoms with Crippen molar-refractivity contribution in [1.29, 1.82) is 0 Å². The van der Waals surface area contributed by atoms with Crippen molar-refractivity contribution in [3.05, 3.63) is 60.2 Å². The number of fused-ring (bicyclic) bond motifs is 1. The van der Waals surface area contributed by atoms with Crippen LogP contribution in [0.25, 0.3) is 0 Å². The lowest BCUT2D eigenvalue weighted by Gasteiger charge is -2.27. The zero-order valence-corrected chi connectivity index (χ0v) is 18.3. The molecule has 2 heterocycles. The zero-order valence-electron chi connectivity index (χ0n) is 18.3. The van der Waals surface area contributed by atoms with E-state index in [1.54, 1.807) is 42.5 Å². The third-order valence-electron chi connectivity index (χ3n) is 5.35. The second kappa shape index (κ2) is 9.65. The molecule has 2 aromatic rings. The van der Waals surface area contributed by atoms with E-state index in [0.29, 0.717) is 41.2 Å². The fraction of sp³-hybridized carbons (Fsp3) is 0.250. The summed E-state index contributed by atoms with van der Waals surface area (Å²) in [7, 11) is 0. The summed E-state index contributed by atoms with van der Waals surface area (Å²) in [6.07, 6.45) is 1.33. The van der Waals surface area contributed by atoms with E-state index >= 15 is 0 Å². The van der Waals surface area contributed by atoms with E-state index in [1.807, 2.05) is 6.92 Å². The number of imide groups is 1. The summed E-state index contributed by atoms with van der Waals surface area (Å²) in [6, 6.07) is 10.5. The van der Waals surface area contributed by atoms with Gasteiger partial charge in [-0.2, -0.15) is 0 Å². The van der Waals surface area contributed by atoms with Crippen molar-refractivity contribution in [1.82, 2.24) is 4.90 Å². The molecule has 2 aliphatic heterocycles. The second-order valence-electron chi connectivity index (χ2n) is 7.54. The minimum Gasteiger partial charge on any atom is -0.494 e. The smallest absolute Gasteiger partial charge is 0.328 e. The third-order valence-corrected chi connectivity index (χ3v) is 5.35. The van der Waals surface area contributed by atoms with Gasteiger partial charge < -0.3 is 24.2 Å². The molecule has 10 nitrogen and oxygen atoms in total. The molecule has 1 saturated heterocycles. The van der Waals surface area contributed by atoms with Crippen molar-refractivity contribution in [2.24, 2.45) is 0 Å². The molecule has 0 unspecified atom stereocenters. The Morgan fingerprint density at radius 1 is 1.12 bits per heavy atom. The monoisotopic (exact) mass is 466 g/mol. The third kappa shape index (κ3) is 4.70. The van der Waals surface area contributed by atoms with E-state index in [2.05, 4.69) is 0 Å². The van der Waals surface area contributed by atoms with Crippen molar-refractivity contribution < 1.29 is 38.5 Å². The van der Waals surface area contributed by atoms with Gasteiger partial charge in [0.05, 0.1) is 18.7 Å². The summed E-state index contributed by atoms with van der Waals surface area (Å²) in [6.45, 7) is 2.36. The number of hydrogen-bond acceptors (Lipinski definition) is 7. The Balaban J connectivity index is 1.61. The molecule has 2 aromatic carbocycles. The van der Waals surface area contributed by atoms with Crippen LogP contribution in [0.15, 0.2) is 54.6 Å². The summed E-state index contributed by atoms with van der Waals surface area (Å²) in [4.78, 5) is 52.1. The first kappa shape index (κ1) is 22.8. The molecule has 0 aromatic heterocycles. The minimum absolute atomic E-state index is 0.0414. The minimum atomic E-state index is -1.30. The Morgan fingerprint density at radius 2 is 1.85 bits per heavy atom. The van der Waals surface area contributed by atoms with Crippen molar-refractivity contribution in [2.75, 3.05) is 18.3 Å². The highest BCUT2D eigenvalue weighted by molar-refractivity contribution is 6.23. The van der Waals surface area contributed by atoms with Crippen LogP contribution in [0.1, 0.15) is 18.9 Å². The maximum Gasteiger partial charge on any atom is 0.328 e. The Labute approximate surface area is 194 Å². The van der Waals surface area contributed by atoms with Crippen LogP contribution >= 0.6 is 0 Å². The van der Waals surface area contributed by atoms with Gasteiger partial charge in [-0.3, -0.25) is 14.4 Å². The molecule has 0 spiro atoms. The Hall–Kier alpha value is -4.34. The Bertz CT molecular complexity index is 1160. The molecule has 0 aliphatic carbocycles. The average Bonchev–Trinajstić information content (AvgIpc) is 3.40. The lowest BCUT2D eigenvalue weighted by Crippen LogP contribution is -2.44. The van der Waals surface area contributed by atoms with Crippen LogP contribution in [-0.4, -0.2) is 53.1 Å². The summed E-state index contributed by atoms with van der Waals surface area (Å²) in [5.74, 6) is -1.41. The van der Waals surface area contributed by atoms with E-state index in [0.717, 1.165) is 11.0 Å².